The second kappa shape index (κ2) is 9.21. The van der Waals surface area contributed by atoms with Gasteiger partial charge in [-0.2, -0.15) is 5.26 Å². The van der Waals surface area contributed by atoms with Gasteiger partial charge in [-0.3, -0.25) is 9.59 Å². The largest absolute Gasteiger partial charge is 0.466 e. The molecule has 0 amide bonds. The first kappa shape index (κ1) is 18.2. The number of ether oxygens (including phenoxy) is 2. The summed E-state index contributed by atoms with van der Waals surface area (Å²) >= 11 is 1.35. The van der Waals surface area contributed by atoms with Crippen LogP contribution in [0.1, 0.15) is 44.4 Å². The van der Waals surface area contributed by atoms with E-state index < -0.39 is 17.4 Å². The number of esters is 2. The monoisotopic (exact) mass is 323 g/mol. The molecule has 0 aliphatic rings. The van der Waals surface area contributed by atoms with Crippen molar-refractivity contribution in [2.75, 3.05) is 13.2 Å². The van der Waals surface area contributed by atoms with Crippen molar-refractivity contribution in [1.82, 2.24) is 0 Å². The fourth-order valence-corrected chi connectivity index (χ4v) is 2.82. The van der Waals surface area contributed by atoms with Gasteiger partial charge in [0.15, 0.2) is 0 Å². The van der Waals surface area contributed by atoms with Gasteiger partial charge >= 0.3 is 11.9 Å². The lowest BCUT2D eigenvalue weighted by Crippen LogP contribution is -2.31. The summed E-state index contributed by atoms with van der Waals surface area (Å²) in [5.74, 6) is -0.944. The van der Waals surface area contributed by atoms with Crippen LogP contribution in [0.15, 0.2) is 17.5 Å². The van der Waals surface area contributed by atoms with Gasteiger partial charge in [-0.05, 0) is 24.3 Å². The zero-order valence-corrected chi connectivity index (χ0v) is 13.8. The molecule has 22 heavy (non-hydrogen) atoms. The fraction of sp³-hybridized carbons (Fsp3) is 0.562. The topological polar surface area (TPSA) is 76.4 Å². The molecule has 0 bridgehead atoms. The van der Waals surface area contributed by atoms with Crippen molar-refractivity contribution >= 4 is 23.3 Å². The van der Waals surface area contributed by atoms with Crippen molar-refractivity contribution in [1.29, 1.82) is 5.26 Å². The number of hydrogen-bond acceptors (Lipinski definition) is 6. The Bertz CT molecular complexity index is 497. The molecule has 0 aromatic carbocycles. The van der Waals surface area contributed by atoms with E-state index in [0.29, 0.717) is 30.9 Å². The van der Waals surface area contributed by atoms with Gasteiger partial charge in [0, 0.05) is 4.88 Å². The molecule has 0 radical (unpaired) electrons. The van der Waals surface area contributed by atoms with Crippen LogP contribution >= 0.6 is 11.3 Å². The molecule has 1 aromatic heterocycles. The Labute approximate surface area is 134 Å². The Kier molecular flexibility index (Phi) is 7.61. The number of thiophene rings is 1. The Balaban J connectivity index is 2.91. The summed E-state index contributed by atoms with van der Waals surface area (Å²) in [6, 6.07) is 5.69. The van der Waals surface area contributed by atoms with Gasteiger partial charge in [-0.25, -0.2) is 0 Å². The Morgan fingerprint density at radius 3 is 2.09 bits per heavy atom. The normalized spacial score (nSPS) is 10.8. The molecule has 0 aliphatic carbocycles. The van der Waals surface area contributed by atoms with E-state index in [9.17, 15) is 14.9 Å². The van der Waals surface area contributed by atoms with Gasteiger partial charge in [0.05, 0.1) is 32.1 Å². The summed E-state index contributed by atoms with van der Waals surface area (Å²) in [5, 5.41) is 11.5. The summed E-state index contributed by atoms with van der Waals surface area (Å²) in [6.07, 6.45) is 1.13. The summed E-state index contributed by atoms with van der Waals surface area (Å²) in [6.45, 7) is 4.41. The molecule has 0 fully saturated rings. The number of rotatable bonds is 9. The van der Waals surface area contributed by atoms with Crippen LogP contribution in [-0.2, 0) is 24.5 Å². The van der Waals surface area contributed by atoms with Crippen LogP contribution in [0, 0.1) is 11.3 Å². The quantitative estimate of drug-likeness (QED) is 0.652. The molecule has 0 saturated carbocycles. The number of hydrogen-bond donors (Lipinski definition) is 0. The van der Waals surface area contributed by atoms with Crippen molar-refractivity contribution in [2.24, 2.45) is 0 Å². The molecule has 0 N–H and O–H groups in total. The van der Waals surface area contributed by atoms with Gasteiger partial charge < -0.3 is 9.47 Å². The summed E-state index contributed by atoms with van der Waals surface area (Å²) in [5.41, 5.74) is -1.22. The minimum Gasteiger partial charge on any atom is -0.466 e. The average molecular weight is 323 g/mol. The fourth-order valence-electron chi connectivity index (χ4n) is 1.95. The highest BCUT2D eigenvalue weighted by Gasteiger charge is 2.39. The van der Waals surface area contributed by atoms with Crippen molar-refractivity contribution in [3.63, 3.8) is 0 Å². The molecule has 6 heteroatoms. The second-order valence-electron chi connectivity index (χ2n) is 4.97. The number of nitrogens with zero attached hydrogens (tertiary/aromatic N) is 1. The minimum absolute atomic E-state index is 0.148. The zero-order chi connectivity index (χ0) is 16.4. The average Bonchev–Trinajstić information content (AvgIpc) is 3.05. The molecule has 0 saturated heterocycles. The number of carbonyl (C=O) groups excluding carboxylic acids is 2. The van der Waals surface area contributed by atoms with Crippen molar-refractivity contribution < 1.29 is 19.1 Å². The first-order valence-electron chi connectivity index (χ1n) is 7.34. The lowest BCUT2D eigenvalue weighted by atomic mass is 9.81. The molecule has 1 rings (SSSR count). The molecule has 0 aliphatic heterocycles. The molecule has 1 heterocycles. The third-order valence-corrected chi connectivity index (χ3v) is 4.11. The van der Waals surface area contributed by atoms with Crippen LogP contribution in [0.4, 0.5) is 0 Å². The SMILES string of the molecule is CCCOC(=O)CC(C#N)(CC(=O)OCCC)c1cccs1. The number of carbonyl (C=O) groups is 2. The van der Waals surface area contributed by atoms with Crippen molar-refractivity contribution in [3.8, 4) is 6.07 Å². The molecule has 120 valence electrons. The Morgan fingerprint density at radius 1 is 1.18 bits per heavy atom. The van der Waals surface area contributed by atoms with E-state index in [1.165, 1.54) is 11.3 Å². The molecular weight excluding hydrogens is 302 g/mol. The predicted molar refractivity (Wildman–Crippen MR) is 83.3 cm³/mol. The molecule has 0 spiro atoms. The molecule has 0 atom stereocenters. The van der Waals surface area contributed by atoms with Gasteiger partial charge in [-0.1, -0.05) is 19.9 Å². The number of nitriles is 1. The Hall–Kier alpha value is -1.87. The maximum Gasteiger partial charge on any atom is 0.307 e. The van der Waals surface area contributed by atoms with Crippen LogP contribution < -0.4 is 0 Å². The van der Waals surface area contributed by atoms with Gasteiger partial charge in [0.1, 0.15) is 5.41 Å². The highest BCUT2D eigenvalue weighted by molar-refractivity contribution is 7.10. The standard InChI is InChI=1S/C16H21NO4S/c1-3-7-20-14(18)10-16(12-17,13-6-5-9-22-13)11-15(19)21-8-4-2/h5-6,9H,3-4,7-8,10-11H2,1-2H3. The molecular formula is C16H21NO4S. The summed E-state index contributed by atoms with van der Waals surface area (Å²) < 4.78 is 10.1. The summed E-state index contributed by atoms with van der Waals surface area (Å²) in [4.78, 5) is 24.6. The minimum atomic E-state index is -1.22. The van der Waals surface area contributed by atoms with Crippen molar-refractivity contribution in [2.45, 2.75) is 44.9 Å². The maximum atomic E-state index is 11.9. The van der Waals surface area contributed by atoms with E-state index in [4.69, 9.17) is 9.47 Å². The first-order chi connectivity index (χ1) is 10.6. The third kappa shape index (κ3) is 5.15. The first-order valence-corrected chi connectivity index (χ1v) is 8.22. The van der Waals surface area contributed by atoms with Crippen LogP contribution in [-0.4, -0.2) is 25.2 Å². The molecule has 1 aromatic rings. The predicted octanol–water partition coefficient (Wildman–Crippen LogP) is 3.20. The van der Waals surface area contributed by atoms with Crippen LogP contribution in [0.5, 0.6) is 0 Å². The van der Waals surface area contributed by atoms with E-state index >= 15 is 0 Å². The lowest BCUT2D eigenvalue weighted by molar-refractivity contribution is -0.147. The van der Waals surface area contributed by atoms with Crippen LogP contribution in [0.25, 0.3) is 0 Å². The Morgan fingerprint density at radius 2 is 1.73 bits per heavy atom. The molecule has 5 nitrogen and oxygen atoms in total. The van der Waals surface area contributed by atoms with Gasteiger partial charge in [-0.15, -0.1) is 11.3 Å². The van der Waals surface area contributed by atoms with Crippen LogP contribution in [0.3, 0.4) is 0 Å². The highest BCUT2D eigenvalue weighted by atomic mass is 32.1. The van der Waals surface area contributed by atoms with E-state index in [1.807, 2.05) is 19.2 Å². The highest BCUT2D eigenvalue weighted by Crippen LogP contribution is 2.35. The summed E-state index contributed by atoms with van der Waals surface area (Å²) in [7, 11) is 0. The van der Waals surface area contributed by atoms with E-state index in [0.717, 1.165) is 0 Å². The van der Waals surface area contributed by atoms with Gasteiger partial charge in [0.2, 0.25) is 0 Å². The van der Waals surface area contributed by atoms with Gasteiger partial charge in [0.25, 0.3) is 0 Å². The second-order valence-corrected chi connectivity index (χ2v) is 5.91. The van der Waals surface area contributed by atoms with E-state index in [2.05, 4.69) is 6.07 Å². The van der Waals surface area contributed by atoms with Crippen LogP contribution in [0.2, 0.25) is 0 Å². The maximum absolute atomic E-state index is 11.9. The third-order valence-electron chi connectivity index (χ3n) is 3.03. The van der Waals surface area contributed by atoms with Crippen molar-refractivity contribution in [3.05, 3.63) is 22.4 Å². The smallest absolute Gasteiger partial charge is 0.307 e. The molecule has 0 unspecified atom stereocenters. The lowest BCUT2D eigenvalue weighted by Gasteiger charge is -2.23. The van der Waals surface area contributed by atoms with E-state index in [-0.39, 0.29) is 12.8 Å². The van der Waals surface area contributed by atoms with E-state index in [1.54, 1.807) is 12.1 Å². The zero-order valence-electron chi connectivity index (χ0n) is 13.0.